The van der Waals surface area contributed by atoms with Gasteiger partial charge in [-0.3, -0.25) is 19.3 Å². The standard InChI is InChI=1S/C48H61F3N6O6S/c1-28-18-32(35-10-8-9-11-38(35)52)19-39(57(28)26-48(6,7)51)42-36(49)21-34(22-37(42)50)63-17-16-62-25-41(59)55-44(47(3,4)5)46(61)56-24-33(58)20-40(56)45(60)53-23-30-12-14-31(15-13-30)43-29(2)54-27-64-43/h8-15,19,21-22,27-28,33,36,39-40,42,44,58H,16-18,20,23-26,52H2,1-7H3,(H,53,60)(H,55,59)/t28-,33-,36?,39+,40+,42?,44-/m1/s1. The van der Waals surface area contributed by atoms with Crippen LogP contribution in [-0.4, -0.2) is 113 Å². The van der Waals surface area contributed by atoms with Crippen molar-refractivity contribution in [2.24, 2.45) is 11.3 Å². The first kappa shape index (κ1) is 48.4. The molecule has 1 fully saturated rings. The first-order chi connectivity index (χ1) is 30.2. The average Bonchev–Trinajstić information content (AvgIpc) is 3.84. The number of hydrogen-bond donors (Lipinski definition) is 4. The Balaban J connectivity index is 1.01. The third-order valence-corrected chi connectivity index (χ3v) is 12.8. The van der Waals surface area contributed by atoms with E-state index in [9.17, 15) is 19.5 Å². The summed E-state index contributed by atoms with van der Waals surface area (Å²) in [5.74, 6) is -3.59. The van der Waals surface area contributed by atoms with E-state index in [-0.39, 0.29) is 51.1 Å². The molecule has 346 valence electrons. The van der Waals surface area contributed by atoms with Crippen LogP contribution in [0, 0.1) is 18.3 Å². The molecule has 7 atom stereocenters. The van der Waals surface area contributed by atoms with Gasteiger partial charge >= 0.3 is 0 Å². The van der Waals surface area contributed by atoms with Crippen molar-refractivity contribution < 1.29 is 42.1 Å². The average molecular weight is 907 g/mol. The molecule has 3 aliphatic rings. The number of nitrogens with one attached hydrogen (secondary N) is 2. The van der Waals surface area contributed by atoms with Crippen molar-refractivity contribution in [1.82, 2.24) is 25.4 Å². The van der Waals surface area contributed by atoms with Crippen LogP contribution in [0.5, 0.6) is 0 Å². The number of para-hydroxylation sites is 1. The number of anilines is 1. The lowest BCUT2D eigenvalue weighted by Gasteiger charge is -2.45. The number of amides is 3. The fourth-order valence-corrected chi connectivity index (χ4v) is 9.41. The lowest BCUT2D eigenvalue weighted by Crippen LogP contribution is -2.58. The molecule has 6 rings (SSSR count). The van der Waals surface area contributed by atoms with Crippen molar-refractivity contribution in [3.63, 3.8) is 0 Å². The van der Waals surface area contributed by atoms with Crippen LogP contribution in [0.1, 0.15) is 71.2 Å². The van der Waals surface area contributed by atoms with Crippen LogP contribution in [-0.2, 0) is 30.4 Å². The summed E-state index contributed by atoms with van der Waals surface area (Å²) in [5, 5.41) is 16.2. The summed E-state index contributed by atoms with van der Waals surface area (Å²) < 4.78 is 58.3. The van der Waals surface area contributed by atoms with Gasteiger partial charge in [0.25, 0.3) is 0 Å². The van der Waals surface area contributed by atoms with Crippen molar-refractivity contribution in [1.29, 1.82) is 0 Å². The number of hydrogen-bond acceptors (Lipinski definition) is 10. The van der Waals surface area contributed by atoms with Crippen LogP contribution >= 0.6 is 11.3 Å². The number of likely N-dealkylation sites (tertiary alicyclic amines) is 1. The van der Waals surface area contributed by atoms with E-state index in [4.69, 9.17) is 15.2 Å². The number of allylic oxidation sites excluding steroid dienone is 2. The second-order valence-electron chi connectivity index (χ2n) is 18.6. The summed E-state index contributed by atoms with van der Waals surface area (Å²) in [6.07, 6.45) is 1.96. The lowest BCUT2D eigenvalue weighted by atomic mass is 9.81. The van der Waals surface area contributed by atoms with E-state index in [0.717, 1.165) is 38.9 Å². The van der Waals surface area contributed by atoms with Crippen LogP contribution in [0.3, 0.4) is 0 Å². The van der Waals surface area contributed by atoms with Gasteiger partial charge in [0.15, 0.2) is 0 Å². The van der Waals surface area contributed by atoms with Gasteiger partial charge in [0.1, 0.15) is 48.7 Å². The number of ether oxygens (including phenoxy) is 2. The number of rotatable bonds is 16. The highest BCUT2D eigenvalue weighted by atomic mass is 32.1. The molecule has 5 N–H and O–H groups in total. The number of nitrogens with zero attached hydrogens (tertiary/aromatic N) is 3. The van der Waals surface area contributed by atoms with Gasteiger partial charge in [-0.25, -0.2) is 18.2 Å². The Kier molecular flexibility index (Phi) is 15.5. The van der Waals surface area contributed by atoms with Crippen LogP contribution in [0.2, 0.25) is 0 Å². The molecule has 64 heavy (non-hydrogen) atoms. The highest BCUT2D eigenvalue weighted by Crippen LogP contribution is 2.41. The topological polar surface area (TPSA) is 159 Å². The molecule has 0 radical (unpaired) electrons. The third-order valence-electron chi connectivity index (χ3n) is 11.8. The smallest absolute Gasteiger partial charge is 0.246 e. The number of benzene rings is 2. The van der Waals surface area contributed by atoms with Gasteiger partial charge < -0.3 is 35.8 Å². The van der Waals surface area contributed by atoms with Crippen molar-refractivity contribution in [3.8, 4) is 10.4 Å². The largest absolute Gasteiger partial charge is 0.491 e. The molecule has 16 heteroatoms. The molecule has 0 saturated carbocycles. The van der Waals surface area contributed by atoms with E-state index in [0.29, 0.717) is 12.1 Å². The van der Waals surface area contributed by atoms with Gasteiger partial charge in [-0.1, -0.05) is 69.3 Å². The zero-order valence-electron chi connectivity index (χ0n) is 37.6. The molecule has 3 heterocycles. The van der Waals surface area contributed by atoms with Crippen molar-refractivity contribution in [2.75, 3.05) is 38.6 Å². The molecule has 2 aliphatic heterocycles. The van der Waals surface area contributed by atoms with Gasteiger partial charge in [0, 0.05) is 55.5 Å². The number of aliphatic hydroxyl groups is 1. The molecule has 1 saturated heterocycles. The highest BCUT2D eigenvalue weighted by molar-refractivity contribution is 7.13. The zero-order valence-corrected chi connectivity index (χ0v) is 38.4. The minimum Gasteiger partial charge on any atom is -0.491 e. The molecule has 0 bridgehead atoms. The number of nitrogens with two attached hydrogens (primary N) is 1. The number of nitrogen functional groups attached to an aromatic ring is 1. The van der Waals surface area contributed by atoms with E-state index < -0.39 is 77.6 Å². The van der Waals surface area contributed by atoms with Crippen LogP contribution in [0.25, 0.3) is 16.0 Å². The van der Waals surface area contributed by atoms with Gasteiger partial charge in [-0.15, -0.1) is 11.3 Å². The Hall–Kier alpha value is -5.03. The summed E-state index contributed by atoms with van der Waals surface area (Å²) in [6, 6.07) is 12.0. The number of aromatic nitrogens is 1. The Morgan fingerprint density at radius 1 is 1.06 bits per heavy atom. The number of alkyl halides is 2. The molecule has 0 spiro atoms. The first-order valence-corrected chi connectivity index (χ1v) is 22.6. The monoisotopic (exact) mass is 906 g/mol. The Bertz CT molecular complexity index is 2230. The number of aliphatic hydroxyl groups excluding tert-OH is 1. The number of β-amino-alcohol motifs (C(OH)–C–C–N with tert-alkyl or cyclic N) is 1. The number of carbonyl (C=O) groups excluding carboxylic acids is 3. The maximum absolute atomic E-state index is 16.0. The summed E-state index contributed by atoms with van der Waals surface area (Å²) >= 11 is 1.55. The zero-order chi connectivity index (χ0) is 46.5. The highest BCUT2D eigenvalue weighted by Gasteiger charge is 2.45. The minimum absolute atomic E-state index is 0.0311. The molecule has 12 nitrogen and oxygen atoms in total. The Labute approximate surface area is 377 Å². The fourth-order valence-electron chi connectivity index (χ4n) is 8.59. The maximum Gasteiger partial charge on any atom is 0.246 e. The van der Waals surface area contributed by atoms with E-state index >= 15 is 13.2 Å². The number of thiazole rings is 1. The number of halogens is 3. The minimum atomic E-state index is -1.80. The summed E-state index contributed by atoms with van der Waals surface area (Å²) in [4.78, 5) is 49.1. The fraction of sp³-hybridized carbons (Fsp3) is 0.500. The van der Waals surface area contributed by atoms with E-state index in [1.807, 2.05) is 56.3 Å². The summed E-state index contributed by atoms with van der Waals surface area (Å²) in [6.45, 7) is 11.5. The summed E-state index contributed by atoms with van der Waals surface area (Å²) in [5.41, 5.74) is 10.7. The van der Waals surface area contributed by atoms with Crippen LogP contribution in [0.4, 0.5) is 18.9 Å². The number of carbonyl (C=O) groups is 3. The Morgan fingerprint density at radius 2 is 1.78 bits per heavy atom. The molecule has 2 unspecified atom stereocenters. The van der Waals surface area contributed by atoms with Gasteiger partial charge in [0.05, 0.1) is 34.7 Å². The predicted molar refractivity (Wildman–Crippen MR) is 243 cm³/mol. The summed E-state index contributed by atoms with van der Waals surface area (Å²) in [7, 11) is 0. The van der Waals surface area contributed by atoms with Gasteiger partial charge in [0.2, 0.25) is 17.7 Å². The predicted octanol–water partition coefficient (Wildman–Crippen LogP) is 6.84. The van der Waals surface area contributed by atoms with E-state index in [2.05, 4.69) is 15.6 Å². The molecule has 2 aromatic carbocycles. The third kappa shape index (κ3) is 12.0. The molecule has 1 aromatic heterocycles. The molecular weight excluding hydrogens is 846 g/mol. The maximum atomic E-state index is 16.0. The molecule has 3 amide bonds. The van der Waals surface area contributed by atoms with E-state index in [1.165, 1.54) is 24.8 Å². The van der Waals surface area contributed by atoms with Crippen molar-refractivity contribution in [3.05, 3.63) is 101 Å². The second-order valence-corrected chi connectivity index (χ2v) is 19.5. The van der Waals surface area contributed by atoms with Gasteiger partial charge in [-0.2, -0.15) is 0 Å². The lowest BCUT2D eigenvalue weighted by molar-refractivity contribution is -0.144. The van der Waals surface area contributed by atoms with Crippen LogP contribution < -0.4 is 16.4 Å². The molecular formula is C48H61F3N6O6S. The quantitative estimate of drug-likeness (QED) is 0.0892. The van der Waals surface area contributed by atoms with Crippen molar-refractivity contribution in [2.45, 2.75) is 110 Å². The molecule has 1 aliphatic carbocycles. The van der Waals surface area contributed by atoms with Crippen LogP contribution in [0.15, 0.2) is 83.9 Å². The van der Waals surface area contributed by atoms with E-state index in [1.54, 1.807) is 54.7 Å². The number of aryl methyl sites for hydroxylation is 1. The first-order valence-electron chi connectivity index (χ1n) is 21.7. The second kappa shape index (κ2) is 20.4. The normalized spacial score (nSPS) is 23.5. The Morgan fingerprint density at radius 3 is 2.42 bits per heavy atom. The SMILES string of the molecule is Cc1ncsc1-c1ccc(CNC(=O)[C@@H]2C[C@@H](O)CN2C(=O)[C@@H](NC(=O)COCCOC2=CC(F)C([C@@H]3C=C(c4ccccc4N)C[C@@H](C)N3CC(C)(C)F)C(F)=C2)C(C)(C)C)cc1. The van der Waals surface area contributed by atoms with Gasteiger partial charge in [-0.05, 0) is 68.4 Å². The van der Waals surface area contributed by atoms with Crippen molar-refractivity contribution >= 4 is 40.3 Å². The molecule has 3 aromatic rings.